The molecule has 1 fully saturated rings. The lowest BCUT2D eigenvalue weighted by Crippen LogP contribution is -2.26. The Hall–Kier alpha value is -4.04. The fraction of sp³-hybridized carbons (Fsp3) is 0.238. The van der Waals surface area contributed by atoms with E-state index in [0.717, 1.165) is 33.1 Å². The van der Waals surface area contributed by atoms with Gasteiger partial charge in [-0.3, -0.25) is 4.57 Å². The van der Waals surface area contributed by atoms with Gasteiger partial charge in [0, 0.05) is 61.8 Å². The molecule has 1 aliphatic rings. The number of nitriles is 1. The standard InChI is InChI=1S/C21H18N8O2S/c1-23-16-7-17(29-5-3-13-6-12(8-22)9-25-18(13)29)24-10-15(16)20-27-26-19(32-20)14-2-4-28(11-14)21(30)31/h3,5-7,9-10,14H,2,4,11H2,1H3,(H,23,24)(H,30,31). The molecule has 11 heteroatoms. The number of rotatable bonds is 4. The van der Waals surface area contributed by atoms with E-state index in [9.17, 15) is 9.90 Å². The van der Waals surface area contributed by atoms with Crippen LogP contribution in [0.15, 0.2) is 36.8 Å². The normalized spacial score (nSPS) is 15.8. The monoisotopic (exact) mass is 446 g/mol. The first kappa shape index (κ1) is 19.9. The second-order valence-corrected chi connectivity index (χ2v) is 8.44. The minimum absolute atomic E-state index is 0.0678. The summed E-state index contributed by atoms with van der Waals surface area (Å²) < 4.78 is 1.87. The van der Waals surface area contributed by atoms with E-state index < -0.39 is 6.09 Å². The van der Waals surface area contributed by atoms with E-state index in [1.807, 2.05) is 29.9 Å². The molecular weight excluding hydrogens is 428 g/mol. The van der Waals surface area contributed by atoms with E-state index in [2.05, 4.69) is 31.6 Å². The predicted octanol–water partition coefficient (Wildman–Crippen LogP) is 3.32. The summed E-state index contributed by atoms with van der Waals surface area (Å²) in [6.45, 7) is 0.961. The highest BCUT2D eigenvalue weighted by molar-refractivity contribution is 7.14. The van der Waals surface area contributed by atoms with Crippen molar-refractivity contribution in [1.82, 2.24) is 29.6 Å². The number of pyridine rings is 2. The molecule has 1 unspecified atom stereocenters. The van der Waals surface area contributed by atoms with Crippen molar-refractivity contribution < 1.29 is 9.90 Å². The molecule has 160 valence electrons. The van der Waals surface area contributed by atoms with E-state index in [4.69, 9.17) is 5.26 Å². The molecule has 5 rings (SSSR count). The highest BCUT2D eigenvalue weighted by atomic mass is 32.1. The number of likely N-dealkylation sites (tertiary alicyclic amines) is 1. The Morgan fingerprint density at radius 2 is 2.19 bits per heavy atom. The summed E-state index contributed by atoms with van der Waals surface area (Å²) in [7, 11) is 1.83. The van der Waals surface area contributed by atoms with E-state index >= 15 is 0 Å². The van der Waals surface area contributed by atoms with Crippen LogP contribution in [0.3, 0.4) is 0 Å². The molecule has 1 saturated heterocycles. The largest absolute Gasteiger partial charge is 0.465 e. The molecule has 1 amide bonds. The molecule has 32 heavy (non-hydrogen) atoms. The van der Waals surface area contributed by atoms with Crippen LogP contribution in [0, 0.1) is 11.3 Å². The van der Waals surface area contributed by atoms with Crippen LogP contribution >= 0.6 is 11.3 Å². The molecule has 0 aromatic carbocycles. The molecule has 10 nitrogen and oxygen atoms in total. The number of nitrogens with one attached hydrogen (secondary N) is 1. The summed E-state index contributed by atoms with van der Waals surface area (Å²) in [5.41, 5.74) is 2.89. The highest BCUT2D eigenvalue weighted by Crippen LogP contribution is 2.36. The maximum Gasteiger partial charge on any atom is 0.407 e. The zero-order chi connectivity index (χ0) is 22.2. The molecule has 2 N–H and O–H groups in total. The topological polar surface area (TPSA) is 133 Å². The SMILES string of the molecule is CNc1cc(-n2ccc3cc(C#N)cnc32)ncc1-c1nnc(C2CCN(C(=O)O)C2)s1. The number of aromatic nitrogens is 5. The van der Waals surface area contributed by atoms with Crippen LogP contribution in [0.4, 0.5) is 10.5 Å². The number of amides is 1. The van der Waals surface area contributed by atoms with Crippen LogP contribution in [-0.4, -0.2) is 61.0 Å². The summed E-state index contributed by atoms with van der Waals surface area (Å²) >= 11 is 1.46. The predicted molar refractivity (Wildman–Crippen MR) is 119 cm³/mol. The van der Waals surface area contributed by atoms with Crippen molar-refractivity contribution in [2.75, 3.05) is 25.5 Å². The lowest BCUT2D eigenvalue weighted by Gasteiger charge is -2.10. The Balaban J connectivity index is 1.46. The molecule has 0 bridgehead atoms. The number of carboxylic acid groups (broad SMARTS) is 1. The zero-order valence-electron chi connectivity index (χ0n) is 17.1. The molecular formula is C21H18N8O2S. The third kappa shape index (κ3) is 3.40. The van der Waals surface area contributed by atoms with Crippen molar-refractivity contribution in [2.24, 2.45) is 0 Å². The van der Waals surface area contributed by atoms with Gasteiger partial charge in [0.15, 0.2) is 5.01 Å². The quantitative estimate of drug-likeness (QED) is 0.488. The molecule has 1 atom stereocenters. The lowest BCUT2D eigenvalue weighted by molar-refractivity contribution is 0.155. The van der Waals surface area contributed by atoms with Gasteiger partial charge in [0.05, 0.1) is 11.1 Å². The molecule has 5 heterocycles. The van der Waals surface area contributed by atoms with Gasteiger partial charge in [0.1, 0.15) is 22.5 Å². The number of hydrogen-bond acceptors (Lipinski definition) is 8. The van der Waals surface area contributed by atoms with Crippen LogP contribution < -0.4 is 5.32 Å². The number of anilines is 1. The summed E-state index contributed by atoms with van der Waals surface area (Å²) in [6, 6.07) is 7.71. The van der Waals surface area contributed by atoms with E-state index in [1.54, 1.807) is 18.5 Å². The summed E-state index contributed by atoms with van der Waals surface area (Å²) in [4.78, 5) is 21.6. The highest BCUT2D eigenvalue weighted by Gasteiger charge is 2.30. The molecule has 0 aliphatic carbocycles. The van der Waals surface area contributed by atoms with Crippen molar-refractivity contribution in [3.05, 3.63) is 47.4 Å². The third-order valence-corrected chi connectivity index (χ3v) is 6.66. The first-order valence-corrected chi connectivity index (χ1v) is 10.8. The third-order valence-electron chi connectivity index (χ3n) is 5.54. The Kier molecular flexibility index (Phi) is 4.91. The summed E-state index contributed by atoms with van der Waals surface area (Å²) in [5, 5.41) is 32.6. The van der Waals surface area contributed by atoms with Gasteiger partial charge >= 0.3 is 6.09 Å². The van der Waals surface area contributed by atoms with Gasteiger partial charge in [-0.1, -0.05) is 11.3 Å². The van der Waals surface area contributed by atoms with Crippen molar-refractivity contribution in [1.29, 1.82) is 5.26 Å². The van der Waals surface area contributed by atoms with E-state index in [-0.39, 0.29) is 5.92 Å². The lowest BCUT2D eigenvalue weighted by atomic mass is 10.1. The van der Waals surface area contributed by atoms with E-state index in [0.29, 0.717) is 30.1 Å². The van der Waals surface area contributed by atoms with Crippen LogP contribution in [0.5, 0.6) is 0 Å². The van der Waals surface area contributed by atoms with Crippen molar-refractivity contribution in [2.45, 2.75) is 12.3 Å². The van der Waals surface area contributed by atoms with Crippen LogP contribution in [0.25, 0.3) is 27.4 Å². The molecule has 0 saturated carbocycles. The van der Waals surface area contributed by atoms with Gasteiger partial charge in [-0.05, 0) is 18.6 Å². The fourth-order valence-electron chi connectivity index (χ4n) is 3.87. The van der Waals surface area contributed by atoms with Gasteiger partial charge in [0.2, 0.25) is 0 Å². The number of carbonyl (C=O) groups is 1. The van der Waals surface area contributed by atoms with Crippen molar-refractivity contribution in [3.8, 4) is 22.5 Å². The van der Waals surface area contributed by atoms with Gasteiger partial charge in [-0.15, -0.1) is 10.2 Å². The summed E-state index contributed by atoms with van der Waals surface area (Å²) in [5.74, 6) is 0.751. The molecule has 4 aromatic heterocycles. The van der Waals surface area contributed by atoms with E-state index in [1.165, 1.54) is 16.2 Å². The first-order chi connectivity index (χ1) is 15.6. The van der Waals surface area contributed by atoms with Crippen molar-refractivity contribution in [3.63, 3.8) is 0 Å². The average molecular weight is 446 g/mol. The smallest absolute Gasteiger partial charge is 0.407 e. The Labute approximate surface area is 186 Å². The van der Waals surface area contributed by atoms with Crippen LogP contribution in [0.2, 0.25) is 0 Å². The Morgan fingerprint density at radius 3 is 2.94 bits per heavy atom. The van der Waals surface area contributed by atoms with Crippen LogP contribution in [0.1, 0.15) is 22.9 Å². The van der Waals surface area contributed by atoms with Gasteiger partial charge in [-0.2, -0.15) is 5.26 Å². The average Bonchev–Trinajstić information content (AvgIpc) is 3.57. The molecule has 0 radical (unpaired) electrons. The minimum Gasteiger partial charge on any atom is -0.465 e. The maximum atomic E-state index is 11.2. The molecule has 1 aliphatic heterocycles. The number of fused-ring (bicyclic) bond motifs is 1. The second-order valence-electron chi connectivity index (χ2n) is 7.43. The Morgan fingerprint density at radius 1 is 1.31 bits per heavy atom. The molecule has 4 aromatic rings. The molecule has 0 spiro atoms. The van der Waals surface area contributed by atoms with Crippen LogP contribution in [-0.2, 0) is 0 Å². The van der Waals surface area contributed by atoms with Gasteiger partial charge < -0.3 is 15.3 Å². The van der Waals surface area contributed by atoms with Gasteiger partial charge in [-0.25, -0.2) is 14.8 Å². The Bertz CT molecular complexity index is 1370. The second kappa shape index (κ2) is 7.90. The number of hydrogen-bond donors (Lipinski definition) is 2. The minimum atomic E-state index is -0.898. The van der Waals surface area contributed by atoms with Gasteiger partial charge in [0.25, 0.3) is 0 Å². The first-order valence-electron chi connectivity index (χ1n) is 9.94. The zero-order valence-corrected chi connectivity index (χ0v) is 17.9. The number of nitrogens with zero attached hydrogens (tertiary/aromatic N) is 7. The maximum absolute atomic E-state index is 11.2. The fourth-order valence-corrected chi connectivity index (χ4v) is 4.86. The summed E-state index contributed by atoms with van der Waals surface area (Å²) in [6.07, 6.45) is 5.02. The van der Waals surface area contributed by atoms with Crippen molar-refractivity contribution >= 4 is 34.2 Å².